The maximum absolute atomic E-state index is 5.81. The number of benzene rings is 1. The van der Waals surface area contributed by atoms with E-state index in [1.165, 1.54) is 16.7 Å². The molecule has 1 aromatic rings. The molecule has 1 rings (SSSR count). The molecular weight excluding hydrogens is 148 g/mol. The summed E-state index contributed by atoms with van der Waals surface area (Å²) in [5.41, 5.74) is 15.8. The average Bonchev–Trinajstić information content (AvgIpc) is 2.01. The molecule has 2 heteroatoms. The third-order valence-electron chi connectivity index (χ3n) is 2.20. The Hall–Kier alpha value is -1.02. The molecule has 0 heterocycles. The molecule has 0 aliphatic carbocycles. The van der Waals surface area contributed by atoms with Crippen LogP contribution in [0.2, 0.25) is 0 Å². The minimum absolute atomic E-state index is 0.682. The van der Waals surface area contributed by atoms with Gasteiger partial charge in [0.2, 0.25) is 0 Å². The number of anilines is 1. The molecule has 0 bridgehead atoms. The fourth-order valence-electron chi connectivity index (χ4n) is 1.27. The van der Waals surface area contributed by atoms with E-state index in [1.54, 1.807) is 0 Å². The fraction of sp³-hybridized carbons (Fsp3) is 0.400. The Balaban J connectivity index is 3.04. The van der Waals surface area contributed by atoms with Crippen LogP contribution in [-0.2, 0) is 6.42 Å². The van der Waals surface area contributed by atoms with Crippen molar-refractivity contribution in [1.82, 2.24) is 0 Å². The van der Waals surface area contributed by atoms with Crippen molar-refractivity contribution >= 4 is 5.69 Å². The van der Waals surface area contributed by atoms with Crippen molar-refractivity contribution in [3.05, 3.63) is 28.8 Å². The summed E-state index contributed by atoms with van der Waals surface area (Å²) in [7, 11) is 0. The van der Waals surface area contributed by atoms with Crippen LogP contribution in [0.25, 0.3) is 0 Å². The van der Waals surface area contributed by atoms with Crippen molar-refractivity contribution < 1.29 is 0 Å². The van der Waals surface area contributed by atoms with Gasteiger partial charge < -0.3 is 11.5 Å². The van der Waals surface area contributed by atoms with Gasteiger partial charge >= 0.3 is 0 Å². The second-order valence-electron chi connectivity index (χ2n) is 3.17. The summed E-state index contributed by atoms with van der Waals surface area (Å²) in [4.78, 5) is 0. The van der Waals surface area contributed by atoms with Gasteiger partial charge in [-0.25, -0.2) is 0 Å². The lowest BCUT2D eigenvalue weighted by atomic mass is 10.0. The van der Waals surface area contributed by atoms with Gasteiger partial charge in [0, 0.05) is 5.69 Å². The maximum atomic E-state index is 5.81. The molecule has 12 heavy (non-hydrogen) atoms. The molecule has 4 N–H and O–H groups in total. The van der Waals surface area contributed by atoms with Gasteiger partial charge in [-0.2, -0.15) is 0 Å². The van der Waals surface area contributed by atoms with Gasteiger partial charge in [0.1, 0.15) is 0 Å². The zero-order valence-electron chi connectivity index (χ0n) is 7.72. The molecule has 0 saturated heterocycles. The van der Waals surface area contributed by atoms with Crippen LogP contribution in [0.15, 0.2) is 12.1 Å². The highest BCUT2D eigenvalue weighted by molar-refractivity contribution is 5.52. The monoisotopic (exact) mass is 164 g/mol. The number of rotatable bonds is 2. The Morgan fingerprint density at radius 3 is 2.42 bits per heavy atom. The number of hydrogen-bond acceptors (Lipinski definition) is 2. The maximum Gasteiger partial charge on any atom is 0.0349 e. The second-order valence-corrected chi connectivity index (χ2v) is 3.17. The summed E-state index contributed by atoms with van der Waals surface area (Å²) in [6.07, 6.45) is 0.908. The van der Waals surface area contributed by atoms with Crippen LogP contribution in [0.3, 0.4) is 0 Å². The highest BCUT2D eigenvalue weighted by atomic mass is 14.6. The van der Waals surface area contributed by atoms with Crippen LogP contribution in [0.4, 0.5) is 5.69 Å². The molecule has 0 spiro atoms. The predicted molar refractivity (Wildman–Crippen MR) is 53.1 cm³/mol. The molecule has 0 aliphatic rings. The van der Waals surface area contributed by atoms with Crippen molar-refractivity contribution in [1.29, 1.82) is 0 Å². The van der Waals surface area contributed by atoms with Crippen LogP contribution < -0.4 is 11.5 Å². The Labute approximate surface area is 73.6 Å². The molecule has 66 valence electrons. The van der Waals surface area contributed by atoms with E-state index in [0.717, 1.165) is 12.1 Å². The summed E-state index contributed by atoms with van der Waals surface area (Å²) in [6, 6.07) is 4.16. The first-order chi connectivity index (χ1) is 5.65. The van der Waals surface area contributed by atoms with Crippen LogP contribution >= 0.6 is 0 Å². The summed E-state index contributed by atoms with van der Waals surface area (Å²) in [5.74, 6) is 0. The van der Waals surface area contributed by atoms with E-state index in [0.29, 0.717) is 6.54 Å². The Kier molecular flexibility index (Phi) is 2.71. The van der Waals surface area contributed by atoms with E-state index in [9.17, 15) is 0 Å². The van der Waals surface area contributed by atoms with Crippen molar-refractivity contribution in [2.75, 3.05) is 12.3 Å². The molecule has 0 fully saturated rings. The second kappa shape index (κ2) is 3.59. The van der Waals surface area contributed by atoms with Gasteiger partial charge in [-0.3, -0.25) is 0 Å². The highest BCUT2D eigenvalue weighted by Crippen LogP contribution is 2.17. The van der Waals surface area contributed by atoms with Crippen LogP contribution in [0.1, 0.15) is 16.7 Å². The van der Waals surface area contributed by atoms with E-state index in [2.05, 4.69) is 13.0 Å². The quantitative estimate of drug-likeness (QED) is 0.649. The van der Waals surface area contributed by atoms with Gasteiger partial charge in [0.05, 0.1) is 0 Å². The summed E-state index contributed by atoms with van der Waals surface area (Å²) in [5, 5.41) is 0. The van der Waals surface area contributed by atoms with Gasteiger partial charge in [-0.15, -0.1) is 0 Å². The van der Waals surface area contributed by atoms with Gasteiger partial charge in [0.15, 0.2) is 0 Å². The summed E-state index contributed by atoms with van der Waals surface area (Å²) in [6.45, 7) is 4.80. The molecule has 0 aromatic heterocycles. The topological polar surface area (TPSA) is 52.0 Å². The van der Waals surface area contributed by atoms with Crippen LogP contribution in [-0.4, -0.2) is 6.54 Å². The summed E-state index contributed by atoms with van der Waals surface area (Å²) < 4.78 is 0. The van der Waals surface area contributed by atoms with Crippen molar-refractivity contribution in [3.8, 4) is 0 Å². The van der Waals surface area contributed by atoms with Crippen molar-refractivity contribution in [2.45, 2.75) is 20.3 Å². The first-order valence-electron chi connectivity index (χ1n) is 4.21. The zero-order chi connectivity index (χ0) is 9.14. The summed E-state index contributed by atoms with van der Waals surface area (Å²) >= 11 is 0. The number of aryl methyl sites for hydroxylation is 1. The minimum Gasteiger partial charge on any atom is -0.398 e. The van der Waals surface area contributed by atoms with Gasteiger partial charge in [-0.1, -0.05) is 6.07 Å². The van der Waals surface area contributed by atoms with Crippen LogP contribution in [0.5, 0.6) is 0 Å². The normalized spacial score (nSPS) is 10.2. The van der Waals surface area contributed by atoms with Crippen molar-refractivity contribution in [3.63, 3.8) is 0 Å². The fourth-order valence-corrected chi connectivity index (χ4v) is 1.27. The molecule has 0 unspecified atom stereocenters. The largest absolute Gasteiger partial charge is 0.398 e. The molecule has 0 saturated carbocycles. The zero-order valence-corrected chi connectivity index (χ0v) is 7.72. The molecule has 0 amide bonds. The average molecular weight is 164 g/mol. The van der Waals surface area contributed by atoms with Crippen LogP contribution in [0, 0.1) is 13.8 Å². The van der Waals surface area contributed by atoms with Gasteiger partial charge in [0.25, 0.3) is 0 Å². The lowest BCUT2D eigenvalue weighted by Gasteiger charge is -2.07. The Bertz CT molecular complexity index is 256. The van der Waals surface area contributed by atoms with Crippen molar-refractivity contribution in [2.24, 2.45) is 5.73 Å². The lowest BCUT2D eigenvalue weighted by Crippen LogP contribution is -2.04. The molecule has 0 aliphatic heterocycles. The van der Waals surface area contributed by atoms with E-state index in [4.69, 9.17) is 11.5 Å². The van der Waals surface area contributed by atoms with E-state index >= 15 is 0 Å². The van der Waals surface area contributed by atoms with E-state index in [1.807, 2.05) is 13.0 Å². The minimum atomic E-state index is 0.682. The number of nitrogens with two attached hydrogens (primary N) is 2. The smallest absolute Gasteiger partial charge is 0.0349 e. The highest BCUT2D eigenvalue weighted by Gasteiger charge is 2.00. The predicted octanol–water partition coefficient (Wildman–Crippen LogP) is 1.39. The van der Waals surface area contributed by atoms with E-state index in [-0.39, 0.29) is 0 Å². The molecular formula is C10H16N2. The first-order valence-corrected chi connectivity index (χ1v) is 4.21. The third kappa shape index (κ3) is 1.77. The molecule has 0 radical (unpaired) electrons. The molecule has 2 nitrogen and oxygen atoms in total. The SMILES string of the molecule is Cc1cc(CCN)cc(N)c1C. The standard InChI is InChI=1S/C10H16N2/c1-7-5-9(3-4-11)6-10(12)8(7)2/h5-6H,3-4,11-12H2,1-2H3. The Morgan fingerprint density at radius 2 is 1.92 bits per heavy atom. The lowest BCUT2D eigenvalue weighted by molar-refractivity contribution is 0.966. The molecule has 0 atom stereocenters. The number of hydrogen-bond donors (Lipinski definition) is 2. The number of nitrogen functional groups attached to an aromatic ring is 1. The third-order valence-corrected chi connectivity index (χ3v) is 2.20. The van der Waals surface area contributed by atoms with E-state index < -0.39 is 0 Å². The van der Waals surface area contributed by atoms with Gasteiger partial charge in [-0.05, 0) is 49.6 Å². The first kappa shape index (κ1) is 9.07. The molecule has 1 aromatic carbocycles. The Morgan fingerprint density at radius 1 is 1.25 bits per heavy atom.